The van der Waals surface area contributed by atoms with Crippen LogP contribution in [0.3, 0.4) is 0 Å². The average molecular weight is 286 g/mol. The first-order valence-corrected chi connectivity index (χ1v) is 7.34. The molecule has 4 heteroatoms. The molecule has 0 unspecified atom stereocenters. The number of carbonyl (C=O) groups excluding carboxylic acids is 1. The lowest BCUT2D eigenvalue weighted by molar-refractivity contribution is 0.0969. The lowest BCUT2D eigenvalue weighted by Gasteiger charge is -2.07. The van der Waals surface area contributed by atoms with E-state index >= 15 is 0 Å². The topological polar surface area (TPSA) is 44.1 Å². The van der Waals surface area contributed by atoms with Crippen molar-refractivity contribution in [3.63, 3.8) is 0 Å². The van der Waals surface area contributed by atoms with Crippen LogP contribution >= 0.6 is 0 Å². The van der Waals surface area contributed by atoms with Crippen LogP contribution in [0.15, 0.2) is 30.5 Å². The van der Waals surface area contributed by atoms with Crippen LogP contribution in [-0.4, -0.2) is 22.7 Å². The van der Waals surface area contributed by atoms with E-state index in [1.165, 1.54) is 11.1 Å². The van der Waals surface area contributed by atoms with Gasteiger partial charge in [-0.25, -0.2) is 0 Å². The Labute approximate surface area is 125 Å². The van der Waals surface area contributed by atoms with Gasteiger partial charge in [-0.15, -0.1) is 0 Å². The van der Waals surface area contributed by atoms with Gasteiger partial charge in [-0.05, 0) is 25.3 Å². The number of ether oxygens (including phenoxy) is 1. The summed E-state index contributed by atoms with van der Waals surface area (Å²) < 4.78 is 7.00. The summed E-state index contributed by atoms with van der Waals surface area (Å²) in [7, 11) is 1.57. The number of aromatic nitrogens is 2. The number of aryl methyl sites for hydroxylation is 3. The Morgan fingerprint density at radius 3 is 2.62 bits per heavy atom. The fourth-order valence-corrected chi connectivity index (χ4v) is 2.31. The van der Waals surface area contributed by atoms with Gasteiger partial charge >= 0.3 is 0 Å². The number of methoxy groups -OCH3 is 1. The number of benzene rings is 1. The molecule has 112 valence electrons. The lowest BCUT2D eigenvalue weighted by Crippen LogP contribution is -2.12. The number of Topliss-reactive ketones (excluding diaryl/α,β-unsaturated/α-hetero) is 1. The predicted molar refractivity (Wildman–Crippen MR) is 82.9 cm³/mol. The summed E-state index contributed by atoms with van der Waals surface area (Å²) in [6.07, 6.45) is 3.76. The molecule has 0 aliphatic heterocycles. The Balaban J connectivity index is 2.09. The Hall–Kier alpha value is -2.10. The molecule has 1 aromatic heterocycles. The van der Waals surface area contributed by atoms with Crippen molar-refractivity contribution in [2.24, 2.45) is 0 Å². The third-order valence-electron chi connectivity index (χ3n) is 3.49. The van der Waals surface area contributed by atoms with E-state index in [0.717, 1.165) is 19.4 Å². The second kappa shape index (κ2) is 7.07. The van der Waals surface area contributed by atoms with E-state index in [0.29, 0.717) is 17.9 Å². The van der Waals surface area contributed by atoms with Crippen molar-refractivity contribution in [1.29, 1.82) is 0 Å². The third-order valence-corrected chi connectivity index (χ3v) is 3.49. The Morgan fingerprint density at radius 1 is 1.29 bits per heavy atom. The van der Waals surface area contributed by atoms with Gasteiger partial charge in [0, 0.05) is 13.0 Å². The van der Waals surface area contributed by atoms with Crippen LogP contribution in [0.2, 0.25) is 0 Å². The number of hydrogen-bond acceptors (Lipinski definition) is 3. The zero-order valence-electron chi connectivity index (χ0n) is 12.9. The SMILES string of the molecule is CCCn1ncc(OC)c1C(=O)CCc1ccc(C)cc1. The largest absolute Gasteiger partial charge is 0.493 e. The summed E-state index contributed by atoms with van der Waals surface area (Å²) in [5, 5.41) is 4.24. The van der Waals surface area contributed by atoms with Crippen LogP contribution < -0.4 is 4.74 Å². The maximum absolute atomic E-state index is 12.5. The van der Waals surface area contributed by atoms with E-state index in [-0.39, 0.29) is 5.78 Å². The predicted octanol–water partition coefficient (Wildman–Crippen LogP) is 3.43. The van der Waals surface area contributed by atoms with Crippen LogP contribution in [0.25, 0.3) is 0 Å². The fourth-order valence-electron chi connectivity index (χ4n) is 2.31. The molecular formula is C17H22N2O2. The molecule has 0 saturated carbocycles. The summed E-state index contributed by atoms with van der Waals surface area (Å²) in [5.74, 6) is 0.649. The van der Waals surface area contributed by atoms with Crippen molar-refractivity contribution in [3.05, 3.63) is 47.3 Å². The third kappa shape index (κ3) is 3.72. The molecule has 0 aliphatic carbocycles. The Morgan fingerprint density at radius 2 is 2.00 bits per heavy atom. The van der Waals surface area contributed by atoms with Gasteiger partial charge in [0.25, 0.3) is 0 Å². The minimum Gasteiger partial charge on any atom is -0.493 e. The highest BCUT2D eigenvalue weighted by atomic mass is 16.5. The number of carbonyl (C=O) groups is 1. The van der Waals surface area contributed by atoms with E-state index in [4.69, 9.17) is 4.74 Å². The first kappa shape index (κ1) is 15.3. The summed E-state index contributed by atoms with van der Waals surface area (Å²) in [4.78, 5) is 12.5. The van der Waals surface area contributed by atoms with Gasteiger partial charge in [-0.2, -0.15) is 5.10 Å². The molecule has 4 nitrogen and oxygen atoms in total. The van der Waals surface area contributed by atoms with Gasteiger partial charge in [0.15, 0.2) is 11.5 Å². The van der Waals surface area contributed by atoms with Crippen LogP contribution in [0, 0.1) is 6.92 Å². The van der Waals surface area contributed by atoms with Crippen molar-refractivity contribution in [1.82, 2.24) is 9.78 Å². The van der Waals surface area contributed by atoms with Gasteiger partial charge in [-0.3, -0.25) is 9.48 Å². The minimum absolute atomic E-state index is 0.0818. The number of rotatable bonds is 7. The van der Waals surface area contributed by atoms with Crippen molar-refractivity contribution in [3.8, 4) is 5.75 Å². The highest BCUT2D eigenvalue weighted by molar-refractivity contribution is 5.97. The van der Waals surface area contributed by atoms with E-state index < -0.39 is 0 Å². The smallest absolute Gasteiger partial charge is 0.185 e. The van der Waals surface area contributed by atoms with Gasteiger partial charge in [0.05, 0.1) is 13.3 Å². The van der Waals surface area contributed by atoms with Crippen molar-refractivity contribution < 1.29 is 9.53 Å². The maximum atomic E-state index is 12.5. The zero-order chi connectivity index (χ0) is 15.2. The number of ketones is 1. The molecule has 0 fully saturated rings. The maximum Gasteiger partial charge on any atom is 0.185 e. The standard InChI is InChI=1S/C17H22N2O2/c1-4-11-19-17(16(21-3)12-18-19)15(20)10-9-14-7-5-13(2)6-8-14/h5-8,12H,4,9-11H2,1-3H3. The molecule has 0 spiro atoms. The summed E-state index contributed by atoms with van der Waals surface area (Å²) in [5.41, 5.74) is 2.99. The average Bonchev–Trinajstić information content (AvgIpc) is 2.90. The second-order valence-corrected chi connectivity index (χ2v) is 5.19. The molecule has 0 bridgehead atoms. The highest BCUT2D eigenvalue weighted by Crippen LogP contribution is 2.20. The monoisotopic (exact) mass is 286 g/mol. The second-order valence-electron chi connectivity index (χ2n) is 5.19. The fraction of sp³-hybridized carbons (Fsp3) is 0.412. The summed E-state index contributed by atoms with van der Waals surface area (Å²) >= 11 is 0. The first-order chi connectivity index (χ1) is 10.2. The number of hydrogen-bond donors (Lipinski definition) is 0. The summed E-state index contributed by atoms with van der Waals surface area (Å²) in [6.45, 7) is 4.85. The lowest BCUT2D eigenvalue weighted by atomic mass is 10.0. The van der Waals surface area contributed by atoms with E-state index in [1.807, 2.05) is 0 Å². The molecule has 0 amide bonds. The molecule has 2 rings (SSSR count). The zero-order valence-corrected chi connectivity index (χ0v) is 12.9. The molecule has 1 heterocycles. The minimum atomic E-state index is 0.0818. The molecule has 21 heavy (non-hydrogen) atoms. The van der Waals surface area contributed by atoms with Crippen molar-refractivity contribution >= 4 is 5.78 Å². The van der Waals surface area contributed by atoms with Gasteiger partial charge in [0.1, 0.15) is 5.69 Å². The highest BCUT2D eigenvalue weighted by Gasteiger charge is 2.18. The quantitative estimate of drug-likeness (QED) is 0.732. The normalized spacial score (nSPS) is 10.6. The van der Waals surface area contributed by atoms with E-state index in [9.17, 15) is 4.79 Å². The molecule has 0 N–H and O–H groups in total. The Bertz CT molecular complexity index is 600. The van der Waals surface area contributed by atoms with Crippen molar-refractivity contribution in [2.45, 2.75) is 39.7 Å². The molecular weight excluding hydrogens is 264 g/mol. The first-order valence-electron chi connectivity index (χ1n) is 7.34. The molecule has 1 aromatic carbocycles. The van der Waals surface area contributed by atoms with Crippen LogP contribution in [0.4, 0.5) is 0 Å². The van der Waals surface area contributed by atoms with Crippen LogP contribution in [-0.2, 0) is 13.0 Å². The van der Waals surface area contributed by atoms with Crippen LogP contribution in [0.1, 0.15) is 41.4 Å². The van der Waals surface area contributed by atoms with Gasteiger partial charge < -0.3 is 4.74 Å². The van der Waals surface area contributed by atoms with Crippen molar-refractivity contribution in [2.75, 3.05) is 7.11 Å². The van der Waals surface area contributed by atoms with E-state index in [2.05, 4.69) is 43.2 Å². The molecule has 0 atom stereocenters. The molecule has 2 aromatic rings. The molecule has 0 saturated heterocycles. The van der Waals surface area contributed by atoms with Gasteiger partial charge in [0.2, 0.25) is 0 Å². The number of nitrogens with zero attached hydrogens (tertiary/aromatic N) is 2. The van der Waals surface area contributed by atoms with Crippen LogP contribution in [0.5, 0.6) is 5.75 Å². The van der Waals surface area contributed by atoms with Gasteiger partial charge in [-0.1, -0.05) is 36.8 Å². The molecule has 0 radical (unpaired) electrons. The summed E-state index contributed by atoms with van der Waals surface area (Å²) in [6, 6.07) is 8.29. The Kier molecular flexibility index (Phi) is 5.14. The van der Waals surface area contributed by atoms with E-state index in [1.54, 1.807) is 18.0 Å². The molecule has 0 aliphatic rings.